The van der Waals surface area contributed by atoms with Crippen molar-refractivity contribution in [3.05, 3.63) is 82.8 Å². The molecule has 9 heteroatoms. The maximum absolute atomic E-state index is 12.9. The predicted molar refractivity (Wildman–Crippen MR) is 135 cm³/mol. The van der Waals surface area contributed by atoms with E-state index >= 15 is 0 Å². The van der Waals surface area contributed by atoms with Crippen molar-refractivity contribution in [3.8, 4) is 17.2 Å². The van der Waals surface area contributed by atoms with Gasteiger partial charge in [-0.05, 0) is 61.4 Å². The van der Waals surface area contributed by atoms with E-state index < -0.39 is 17.8 Å². The normalized spacial score (nSPS) is 14.6. The second-order valence-electron chi connectivity index (χ2n) is 8.52. The first-order valence-electron chi connectivity index (χ1n) is 11.8. The number of ether oxygens (including phenoxy) is 3. The number of carbonyl (C=O) groups is 3. The molecule has 1 aliphatic heterocycles. The molecule has 1 N–H and O–H groups in total. The second-order valence-corrected chi connectivity index (χ2v) is 8.52. The van der Waals surface area contributed by atoms with Crippen molar-refractivity contribution in [3.63, 3.8) is 0 Å². The summed E-state index contributed by atoms with van der Waals surface area (Å²) < 4.78 is 22.4. The lowest BCUT2D eigenvalue weighted by atomic mass is 10.1. The molecular weight excluding hydrogens is 476 g/mol. The fourth-order valence-electron chi connectivity index (χ4n) is 3.84. The zero-order valence-electron chi connectivity index (χ0n) is 20.9. The molecule has 3 aromatic rings. The SMILES string of the molecule is COc1cc(/C=C2\C(=O)NC(=O)N(Cc3ccco3)C2=O)ccc1OCCCOc1ccc(C)cc1C. The van der Waals surface area contributed by atoms with E-state index in [1.807, 2.05) is 26.0 Å². The molecule has 2 heterocycles. The van der Waals surface area contributed by atoms with Gasteiger partial charge in [0.05, 0.1) is 33.1 Å². The minimum Gasteiger partial charge on any atom is -0.493 e. The fraction of sp³-hybridized carbons (Fsp3) is 0.250. The second kappa shape index (κ2) is 11.5. The molecule has 1 aliphatic rings. The van der Waals surface area contributed by atoms with Gasteiger partial charge in [0.2, 0.25) is 0 Å². The summed E-state index contributed by atoms with van der Waals surface area (Å²) in [6.45, 7) is 4.87. The number of rotatable bonds is 10. The van der Waals surface area contributed by atoms with Gasteiger partial charge in [0, 0.05) is 6.42 Å². The molecule has 0 saturated carbocycles. The first kappa shape index (κ1) is 25.6. The average molecular weight is 505 g/mol. The smallest absolute Gasteiger partial charge is 0.331 e. The Morgan fingerprint density at radius 3 is 2.41 bits per heavy atom. The zero-order chi connectivity index (χ0) is 26.4. The number of methoxy groups -OCH3 is 1. The van der Waals surface area contributed by atoms with E-state index in [1.165, 1.54) is 25.0 Å². The van der Waals surface area contributed by atoms with E-state index in [0.717, 1.165) is 16.2 Å². The summed E-state index contributed by atoms with van der Waals surface area (Å²) >= 11 is 0. The third kappa shape index (κ3) is 6.19. The summed E-state index contributed by atoms with van der Waals surface area (Å²) in [4.78, 5) is 38.4. The Morgan fingerprint density at radius 2 is 1.70 bits per heavy atom. The lowest BCUT2D eigenvalue weighted by Gasteiger charge is -2.25. The van der Waals surface area contributed by atoms with E-state index in [1.54, 1.807) is 30.3 Å². The van der Waals surface area contributed by atoms with Crippen LogP contribution in [-0.4, -0.2) is 43.1 Å². The van der Waals surface area contributed by atoms with Gasteiger partial charge in [-0.15, -0.1) is 0 Å². The van der Waals surface area contributed by atoms with Crippen LogP contribution < -0.4 is 19.5 Å². The fourth-order valence-corrected chi connectivity index (χ4v) is 3.84. The number of barbiturate groups is 1. The van der Waals surface area contributed by atoms with Crippen molar-refractivity contribution in [1.29, 1.82) is 0 Å². The minimum absolute atomic E-state index is 0.0917. The van der Waals surface area contributed by atoms with Gasteiger partial charge in [0.25, 0.3) is 11.8 Å². The van der Waals surface area contributed by atoms with Crippen LogP contribution in [0.5, 0.6) is 17.2 Å². The monoisotopic (exact) mass is 504 g/mol. The van der Waals surface area contributed by atoms with Crippen molar-refractivity contribution in [2.24, 2.45) is 0 Å². The Balaban J connectivity index is 1.39. The van der Waals surface area contributed by atoms with Crippen molar-refractivity contribution in [1.82, 2.24) is 10.2 Å². The number of imide groups is 2. The third-order valence-corrected chi connectivity index (χ3v) is 5.71. The summed E-state index contributed by atoms with van der Waals surface area (Å²) in [7, 11) is 1.50. The standard InChI is InChI=1S/C28H28N2O7/c1-18-7-9-23(19(2)14-18)36-12-5-13-37-24-10-8-20(16-25(24)34-3)15-22-26(31)29-28(33)30(27(22)32)17-21-6-4-11-35-21/h4,6-11,14-16H,5,12-13,17H2,1-3H3,(H,29,31,33)/b22-15+. The topological polar surface area (TPSA) is 107 Å². The average Bonchev–Trinajstić information content (AvgIpc) is 3.39. The maximum Gasteiger partial charge on any atom is 0.331 e. The first-order chi connectivity index (χ1) is 17.9. The number of aryl methyl sites for hydroxylation is 2. The van der Waals surface area contributed by atoms with E-state index in [2.05, 4.69) is 11.4 Å². The molecule has 37 heavy (non-hydrogen) atoms. The van der Waals surface area contributed by atoms with Crippen LogP contribution in [0.4, 0.5) is 4.79 Å². The number of nitrogens with one attached hydrogen (secondary N) is 1. The molecule has 0 bridgehead atoms. The van der Waals surface area contributed by atoms with E-state index in [-0.39, 0.29) is 12.1 Å². The third-order valence-electron chi connectivity index (χ3n) is 5.71. The highest BCUT2D eigenvalue weighted by atomic mass is 16.5. The highest BCUT2D eigenvalue weighted by Crippen LogP contribution is 2.30. The molecule has 1 aromatic heterocycles. The van der Waals surface area contributed by atoms with Crippen LogP contribution in [0.15, 0.2) is 64.8 Å². The number of hydrogen-bond acceptors (Lipinski definition) is 7. The van der Waals surface area contributed by atoms with Crippen molar-refractivity contribution < 1.29 is 33.0 Å². The van der Waals surface area contributed by atoms with Crippen molar-refractivity contribution in [2.75, 3.05) is 20.3 Å². The molecule has 192 valence electrons. The van der Waals surface area contributed by atoms with Gasteiger partial charge in [-0.25, -0.2) is 4.79 Å². The van der Waals surface area contributed by atoms with Crippen molar-refractivity contribution in [2.45, 2.75) is 26.8 Å². The highest BCUT2D eigenvalue weighted by Gasteiger charge is 2.36. The van der Waals surface area contributed by atoms with Gasteiger partial charge in [-0.1, -0.05) is 23.8 Å². The van der Waals surface area contributed by atoms with Crippen LogP contribution in [0.2, 0.25) is 0 Å². The van der Waals surface area contributed by atoms with E-state index in [4.69, 9.17) is 18.6 Å². The predicted octanol–water partition coefficient (Wildman–Crippen LogP) is 4.41. The van der Waals surface area contributed by atoms with Gasteiger partial charge < -0.3 is 18.6 Å². The first-order valence-corrected chi connectivity index (χ1v) is 11.8. The van der Waals surface area contributed by atoms with Crippen LogP contribution in [0.3, 0.4) is 0 Å². The Hall–Kier alpha value is -4.53. The summed E-state index contributed by atoms with van der Waals surface area (Å²) in [5.41, 5.74) is 2.64. The quantitative estimate of drug-likeness (QED) is 0.247. The van der Waals surface area contributed by atoms with Gasteiger partial charge >= 0.3 is 6.03 Å². The molecule has 4 amide bonds. The lowest BCUT2D eigenvalue weighted by molar-refractivity contribution is -0.130. The lowest BCUT2D eigenvalue weighted by Crippen LogP contribution is -2.53. The van der Waals surface area contributed by atoms with Crippen LogP contribution in [-0.2, 0) is 16.1 Å². The van der Waals surface area contributed by atoms with Crippen molar-refractivity contribution >= 4 is 23.9 Å². The van der Waals surface area contributed by atoms with Crippen LogP contribution in [0.1, 0.15) is 28.9 Å². The molecule has 4 rings (SSSR count). The minimum atomic E-state index is -0.800. The number of amides is 4. The molecule has 0 spiro atoms. The molecule has 0 atom stereocenters. The van der Waals surface area contributed by atoms with Crippen LogP contribution >= 0.6 is 0 Å². The Labute approximate surface area is 214 Å². The van der Waals surface area contributed by atoms with Gasteiger partial charge in [-0.2, -0.15) is 0 Å². The van der Waals surface area contributed by atoms with E-state index in [0.29, 0.717) is 42.5 Å². The molecule has 1 fully saturated rings. The number of furan rings is 1. The number of urea groups is 1. The highest BCUT2D eigenvalue weighted by molar-refractivity contribution is 6.30. The molecule has 0 aliphatic carbocycles. The molecule has 2 aromatic carbocycles. The van der Waals surface area contributed by atoms with Crippen LogP contribution in [0, 0.1) is 13.8 Å². The molecular formula is C28H28N2O7. The number of carbonyl (C=O) groups excluding carboxylic acids is 3. The summed E-state index contributed by atoms with van der Waals surface area (Å²) in [6, 6.07) is 13.6. The van der Waals surface area contributed by atoms with Gasteiger partial charge in [0.15, 0.2) is 11.5 Å². The number of hydrogen-bond donors (Lipinski definition) is 1. The zero-order valence-corrected chi connectivity index (χ0v) is 20.9. The molecule has 0 unspecified atom stereocenters. The van der Waals surface area contributed by atoms with Gasteiger partial charge in [-0.3, -0.25) is 19.8 Å². The molecule has 1 saturated heterocycles. The van der Waals surface area contributed by atoms with Crippen LogP contribution in [0.25, 0.3) is 6.08 Å². The summed E-state index contributed by atoms with van der Waals surface area (Å²) in [5, 5.41) is 2.19. The summed E-state index contributed by atoms with van der Waals surface area (Å²) in [6.07, 6.45) is 3.51. The molecule has 9 nitrogen and oxygen atoms in total. The Kier molecular flexibility index (Phi) is 7.92. The maximum atomic E-state index is 12.9. The largest absolute Gasteiger partial charge is 0.493 e. The number of benzene rings is 2. The van der Waals surface area contributed by atoms with E-state index in [9.17, 15) is 14.4 Å². The summed E-state index contributed by atoms with van der Waals surface area (Å²) in [5.74, 6) is 0.746. The Morgan fingerprint density at radius 1 is 0.946 bits per heavy atom. The number of nitrogens with zero attached hydrogens (tertiary/aromatic N) is 1. The Bertz CT molecular complexity index is 1330. The van der Waals surface area contributed by atoms with Gasteiger partial charge in [0.1, 0.15) is 17.1 Å². The molecule has 0 radical (unpaired) electrons.